The fraction of sp³-hybridized carbons (Fsp3) is 0.120. The quantitative estimate of drug-likeness (QED) is 0.279. The number of hydrogen-bond acceptors (Lipinski definition) is 5. The van der Waals surface area contributed by atoms with Gasteiger partial charge in [0.05, 0.1) is 33.7 Å². The molecule has 0 saturated heterocycles. The minimum atomic E-state index is -0.526. The maximum atomic E-state index is 13.9. The number of thioether (sulfide) groups is 1. The van der Waals surface area contributed by atoms with Crippen molar-refractivity contribution in [3.8, 4) is 5.69 Å². The molecule has 4 aromatic rings. The molecule has 0 aliphatic rings. The van der Waals surface area contributed by atoms with Gasteiger partial charge in [0.2, 0.25) is 5.91 Å². The van der Waals surface area contributed by atoms with Crippen molar-refractivity contribution in [2.45, 2.75) is 18.6 Å². The van der Waals surface area contributed by atoms with E-state index in [1.807, 2.05) is 19.1 Å². The van der Waals surface area contributed by atoms with E-state index >= 15 is 0 Å². The van der Waals surface area contributed by atoms with Gasteiger partial charge in [0.1, 0.15) is 5.82 Å². The van der Waals surface area contributed by atoms with Crippen molar-refractivity contribution in [1.82, 2.24) is 20.1 Å². The van der Waals surface area contributed by atoms with Crippen LogP contribution in [-0.4, -0.2) is 32.3 Å². The maximum Gasteiger partial charge on any atom is 0.251 e. The van der Waals surface area contributed by atoms with Gasteiger partial charge >= 0.3 is 0 Å². The summed E-state index contributed by atoms with van der Waals surface area (Å²) in [5.74, 6) is -0.823. The third-order valence-electron chi connectivity index (χ3n) is 5.14. The molecule has 0 bridgehead atoms. The lowest BCUT2D eigenvalue weighted by Gasteiger charge is -2.12. The molecule has 184 valence electrons. The van der Waals surface area contributed by atoms with Crippen LogP contribution in [0.15, 0.2) is 71.9 Å². The fourth-order valence-electron chi connectivity index (χ4n) is 3.35. The zero-order valence-electron chi connectivity index (χ0n) is 19.0. The summed E-state index contributed by atoms with van der Waals surface area (Å²) in [6.45, 7) is 1.93. The topological polar surface area (TPSA) is 88.9 Å². The first-order valence-corrected chi connectivity index (χ1v) is 12.5. The number of carbonyl (C=O) groups is 2. The number of amides is 2. The summed E-state index contributed by atoms with van der Waals surface area (Å²) in [6, 6.07) is 18.2. The number of carbonyl (C=O) groups excluding carboxylic acids is 2. The largest absolute Gasteiger partial charge is 0.345 e. The Kier molecular flexibility index (Phi) is 8.25. The predicted octanol–water partition coefficient (Wildman–Crippen LogP) is 5.68. The molecule has 3 aromatic carbocycles. The molecule has 0 saturated carbocycles. The third-order valence-corrected chi connectivity index (χ3v) is 6.81. The number of hydrogen-bond donors (Lipinski definition) is 2. The minimum absolute atomic E-state index is 0.0522. The Morgan fingerprint density at radius 1 is 1.00 bits per heavy atom. The lowest BCUT2D eigenvalue weighted by molar-refractivity contribution is -0.113. The molecule has 0 unspecified atom stereocenters. The predicted molar refractivity (Wildman–Crippen MR) is 139 cm³/mol. The van der Waals surface area contributed by atoms with Gasteiger partial charge in [-0.1, -0.05) is 65.3 Å². The third kappa shape index (κ3) is 6.04. The van der Waals surface area contributed by atoms with Crippen LogP contribution in [0.2, 0.25) is 10.0 Å². The van der Waals surface area contributed by atoms with Crippen molar-refractivity contribution >= 4 is 52.5 Å². The smallest absolute Gasteiger partial charge is 0.251 e. The van der Waals surface area contributed by atoms with E-state index in [1.165, 1.54) is 12.1 Å². The van der Waals surface area contributed by atoms with Crippen molar-refractivity contribution < 1.29 is 14.0 Å². The van der Waals surface area contributed by atoms with Gasteiger partial charge in [0, 0.05) is 5.56 Å². The molecule has 1 aromatic heterocycles. The highest BCUT2D eigenvalue weighted by Gasteiger charge is 2.18. The van der Waals surface area contributed by atoms with Crippen LogP contribution in [0.25, 0.3) is 5.69 Å². The van der Waals surface area contributed by atoms with E-state index in [0.29, 0.717) is 32.3 Å². The number of nitrogens with zero attached hydrogens (tertiary/aromatic N) is 3. The highest BCUT2D eigenvalue weighted by Crippen LogP contribution is 2.28. The van der Waals surface area contributed by atoms with Gasteiger partial charge < -0.3 is 10.6 Å². The highest BCUT2D eigenvalue weighted by atomic mass is 35.5. The molecule has 0 aliphatic heterocycles. The molecule has 0 spiro atoms. The van der Waals surface area contributed by atoms with E-state index in [2.05, 4.69) is 20.8 Å². The van der Waals surface area contributed by atoms with Crippen molar-refractivity contribution in [1.29, 1.82) is 0 Å². The first-order valence-electron chi connectivity index (χ1n) is 10.7. The Hall–Kier alpha value is -3.40. The molecule has 0 aliphatic carbocycles. The van der Waals surface area contributed by atoms with Crippen molar-refractivity contribution in [2.24, 2.45) is 0 Å². The van der Waals surface area contributed by atoms with Gasteiger partial charge in [-0.05, 0) is 48.9 Å². The van der Waals surface area contributed by atoms with Gasteiger partial charge in [-0.2, -0.15) is 0 Å². The van der Waals surface area contributed by atoms with Crippen molar-refractivity contribution in [3.63, 3.8) is 0 Å². The molecular formula is C25H20Cl2FN5O2S. The van der Waals surface area contributed by atoms with Gasteiger partial charge in [-0.25, -0.2) is 4.39 Å². The highest BCUT2D eigenvalue weighted by molar-refractivity contribution is 7.99. The van der Waals surface area contributed by atoms with Gasteiger partial charge in [-0.15, -0.1) is 10.2 Å². The Morgan fingerprint density at radius 2 is 1.75 bits per heavy atom. The summed E-state index contributed by atoms with van der Waals surface area (Å²) in [4.78, 5) is 25.2. The zero-order valence-corrected chi connectivity index (χ0v) is 21.3. The zero-order chi connectivity index (χ0) is 25.7. The molecule has 2 N–H and O–H groups in total. The average Bonchev–Trinajstić information content (AvgIpc) is 3.27. The molecule has 11 heteroatoms. The Labute approximate surface area is 221 Å². The van der Waals surface area contributed by atoms with Gasteiger partial charge in [0.15, 0.2) is 11.0 Å². The van der Waals surface area contributed by atoms with Crippen molar-refractivity contribution in [2.75, 3.05) is 11.1 Å². The summed E-state index contributed by atoms with van der Waals surface area (Å²) < 4.78 is 15.5. The lowest BCUT2D eigenvalue weighted by atomic mass is 10.1. The average molecular weight is 544 g/mol. The van der Waals surface area contributed by atoms with Crippen LogP contribution in [0.3, 0.4) is 0 Å². The van der Waals surface area contributed by atoms with E-state index in [-0.39, 0.29) is 23.9 Å². The standard InChI is InChI=1S/C25H20Cl2FN5O2S/c1-15-6-2-3-7-17(15)24(35)29-13-22-31-32-25(33(22)16-10-11-18(26)19(27)12-16)36-14-23(34)30-21-9-5-4-8-20(21)28/h2-12H,13-14H2,1H3,(H,29,35)(H,30,34). The number of para-hydroxylation sites is 1. The molecule has 36 heavy (non-hydrogen) atoms. The maximum absolute atomic E-state index is 13.9. The number of benzene rings is 3. The van der Waals surface area contributed by atoms with Crippen molar-refractivity contribution in [3.05, 3.63) is 99.5 Å². The summed E-state index contributed by atoms with van der Waals surface area (Å²) in [7, 11) is 0. The second-order valence-electron chi connectivity index (χ2n) is 7.65. The Balaban J connectivity index is 1.55. The van der Waals surface area contributed by atoms with E-state index < -0.39 is 11.7 Å². The van der Waals surface area contributed by atoms with E-state index in [0.717, 1.165) is 17.3 Å². The monoisotopic (exact) mass is 543 g/mol. The number of halogens is 3. The second kappa shape index (κ2) is 11.6. The summed E-state index contributed by atoms with van der Waals surface area (Å²) in [6.07, 6.45) is 0. The van der Waals surface area contributed by atoms with Gasteiger partial charge in [0.25, 0.3) is 5.91 Å². The second-order valence-corrected chi connectivity index (χ2v) is 9.40. The van der Waals surface area contributed by atoms with E-state index in [1.54, 1.807) is 47.0 Å². The van der Waals surface area contributed by atoms with Crippen LogP contribution in [0.4, 0.5) is 10.1 Å². The molecule has 2 amide bonds. The molecule has 0 radical (unpaired) electrons. The number of anilines is 1. The first kappa shape index (κ1) is 25.7. The number of rotatable bonds is 8. The van der Waals surface area contributed by atoms with Crippen LogP contribution >= 0.6 is 35.0 Å². The van der Waals surface area contributed by atoms with Gasteiger partial charge in [-0.3, -0.25) is 14.2 Å². The molecule has 4 rings (SSSR count). The van der Waals surface area contributed by atoms with E-state index in [9.17, 15) is 14.0 Å². The Morgan fingerprint density at radius 3 is 2.50 bits per heavy atom. The van der Waals surface area contributed by atoms with Crippen LogP contribution in [-0.2, 0) is 11.3 Å². The molecule has 1 heterocycles. The first-order chi connectivity index (χ1) is 17.3. The normalized spacial score (nSPS) is 10.8. The summed E-state index contributed by atoms with van der Waals surface area (Å²) in [5, 5.41) is 14.9. The Bertz CT molecular complexity index is 1430. The molecule has 0 fully saturated rings. The van der Waals surface area contributed by atoms with E-state index in [4.69, 9.17) is 23.2 Å². The number of nitrogens with one attached hydrogen (secondary N) is 2. The molecule has 0 atom stereocenters. The lowest BCUT2D eigenvalue weighted by Crippen LogP contribution is -2.25. The molecule has 7 nitrogen and oxygen atoms in total. The fourth-order valence-corrected chi connectivity index (χ4v) is 4.42. The SMILES string of the molecule is Cc1ccccc1C(=O)NCc1nnc(SCC(=O)Nc2ccccc2F)n1-c1ccc(Cl)c(Cl)c1. The van der Waals surface area contributed by atoms with Crippen LogP contribution in [0.5, 0.6) is 0 Å². The minimum Gasteiger partial charge on any atom is -0.345 e. The number of aryl methyl sites for hydroxylation is 1. The van der Waals surface area contributed by atoms with Crippen LogP contribution in [0.1, 0.15) is 21.7 Å². The number of aromatic nitrogens is 3. The summed E-state index contributed by atoms with van der Waals surface area (Å²) >= 11 is 13.4. The van der Waals surface area contributed by atoms with Crippen LogP contribution < -0.4 is 10.6 Å². The summed E-state index contributed by atoms with van der Waals surface area (Å²) in [5.41, 5.74) is 2.09. The van der Waals surface area contributed by atoms with Crippen LogP contribution in [0, 0.1) is 12.7 Å². The molecular weight excluding hydrogens is 524 g/mol.